The smallest absolute Gasteiger partial charge is 0.134 e. The second-order valence-corrected chi connectivity index (χ2v) is 6.98. The van der Waals surface area contributed by atoms with Crippen molar-refractivity contribution in [3.63, 3.8) is 0 Å². The van der Waals surface area contributed by atoms with E-state index in [1.54, 1.807) is 6.33 Å². The minimum atomic E-state index is 0.596. The van der Waals surface area contributed by atoms with Gasteiger partial charge >= 0.3 is 0 Å². The largest absolute Gasteiger partial charge is 0.378 e. The van der Waals surface area contributed by atoms with Crippen molar-refractivity contribution < 1.29 is 4.74 Å². The molecule has 2 aromatic rings. The number of rotatable bonds is 5. The van der Waals surface area contributed by atoms with Gasteiger partial charge in [0, 0.05) is 44.5 Å². The second-order valence-electron chi connectivity index (χ2n) is 6.98. The molecule has 0 aliphatic carbocycles. The number of aromatic nitrogens is 3. The summed E-state index contributed by atoms with van der Waals surface area (Å²) in [5.41, 5.74) is 1.04. The van der Waals surface area contributed by atoms with E-state index in [1.165, 1.54) is 0 Å². The first kappa shape index (κ1) is 17.0. The molecule has 1 atom stereocenters. The van der Waals surface area contributed by atoms with Gasteiger partial charge < -0.3 is 19.9 Å². The molecule has 4 rings (SSSR count). The topological polar surface area (TPSA) is 66.4 Å². The predicted molar refractivity (Wildman–Crippen MR) is 103 cm³/mol. The van der Waals surface area contributed by atoms with Crippen molar-refractivity contribution in [1.29, 1.82) is 0 Å². The lowest BCUT2D eigenvalue weighted by Crippen LogP contribution is -2.37. The van der Waals surface area contributed by atoms with E-state index in [-0.39, 0.29) is 0 Å². The van der Waals surface area contributed by atoms with Gasteiger partial charge in [-0.3, -0.25) is 0 Å². The number of pyridine rings is 1. The first-order chi connectivity index (χ1) is 12.8. The van der Waals surface area contributed by atoms with Crippen LogP contribution in [-0.4, -0.2) is 60.9 Å². The summed E-state index contributed by atoms with van der Waals surface area (Å²) in [4.78, 5) is 18.1. The van der Waals surface area contributed by atoms with Crippen LogP contribution < -0.4 is 15.1 Å². The summed E-state index contributed by atoms with van der Waals surface area (Å²) in [6, 6.07) is 8.20. The molecule has 2 fully saturated rings. The van der Waals surface area contributed by atoms with Crippen LogP contribution in [0.3, 0.4) is 0 Å². The van der Waals surface area contributed by atoms with Crippen molar-refractivity contribution in [3.05, 3.63) is 36.3 Å². The zero-order chi connectivity index (χ0) is 17.8. The lowest BCUT2D eigenvalue weighted by atomic mass is 10.1. The van der Waals surface area contributed by atoms with E-state index in [4.69, 9.17) is 4.74 Å². The zero-order valence-corrected chi connectivity index (χ0v) is 15.3. The van der Waals surface area contributed by atoms with Gasteiger partial charge in [0.25, 0.3) is 0 Å². The number of hydrogen-bond donors (Lipinski definition) is 1. The molecule has 2 saturated heterocycles. The third kappa shape index (κ3) is 4.04. The Morgan fingerprint density at radius 2 is 1.92 bits per heavy atom. The number of ether oxygens (including phenoxy) is 1. The highest BCUT2D eigenvalue weighted by molar-refractivity contribution is 5.51. The van der Waals surface area contributed by atoms with Gasteiger partial charge in [0.2, 0.25) is 0 Å². The molecule has 2 aliphatic heterocycles. The average molecular weight is 354 g/mol. The summed E-state index contributed by atoms with van der Waals surface area (Å²) in [5.74, 6) is 3.58. The zero-order valence-electron chi connectivity index (χ0n) is 15.3. The van der Waals surface area contributed by atoms with E-state index in [0.29, 0.717) is 5.92 Å². The lowest BCUT2D eigenvalue weighted by Gasteiger charge is -2.28. The molecule has 1 unspecified atom stereocenters. The summed E-state index contributed by atoms with van der Waals surface area (Å²) < 4.78 is 5.43. The van der Waals surface area contributed by atoms with Crippen LogP contribution in [0, 0.1) is 12.8 Å². The molecule has 2 aliphatic rings. The molecule has 0 spiro atoms. The Morgan fingerprint density at radius 3 is 2.73 bits per heavy atom. The van der Waals surface area contributed by atoms with E-state index in [0.717, 1.165) is 75.5 Å². The normalized spacial score (nSPS) is 20.4. The Bertz CT molecular complexity index is 733. The maximum atomic E-state index is 5.43. The van der Waals surface area contributed by atoms with Crippen LogP contribution in [0.15, 0.2) is 30.6 Å². The van der Waals surface area contributed by atoms with E-state index in [1.807, 2.05) is 25.1 Å². The van der Waals surface area contributed by atoms with Crippen LogP contribution >= 0.6 is 0 Å². The molecule has 26 heavy (non-hydrogen) atoms. The average Bonchev–Trinajstić information content (AvgIpc) is 3.16. The van der Waals surface area contributed by atoms with Crippen molar-refractivity contribution in [2.75, 3.05) is 61.1 Å². The summed E-state index contributed by atoms with van der Waals surface area (Å²) in [6.45, 7) is 8.33. The van der Waals surface area contributed by atoms with Crippen LogP contribution in [-0.2, 0) is 4.74 Å². The van der Waals surface area contributed by atoms with E-state index < -0.39 is 0 Å². The Kier molecular flexibility index (Phi) is 5.15. The number of hydrogen-bond acceptors (Lipinski definition) is 7. The fourth-order valence-electron chi connectivity index (χ4n) is 3.57. The maximum absolute atomic E-state index is 5.43. The van der Waals surface area contributed by atoms with Crippen molar-refractivity contribution in [2.24, 2.45) is 5.92 Å². The minimum Gasteiger partial charge on any atom is -0.378 e. The molecule has 0 amide bonds. The maximum Gasteiger partial charge on any atom is 0.134 e. The van der Waals surface area contributed by atoms with Crippen LogP contribution in [0.5, 0.6) is 0 Å². The summed E-state index contributed by atoms with van der Waals surface area (Å²) in [6.07, 6.45) is 2.85. The van der Waals surface area contributed by atoms with Crippen LogP contribution in [0.25, 0.3) is 0 Å². The Labute approximate surface area is 154 Å². The molecule has 0 saturated carbocycles. The fraction of sp³-hybridized carbons (Fsp3) is 0.526. The van der Waals surface area contributed by atoms with Gasteiger partial charge in [-0.1, -0.05) is 6.07 Å². The van der Waals surface area contributed by atoms with Gasteiger partial charge in [0.1, 0.15) is 23.8 Å². The summed E-state index contributed by atoms with van der Waals surface area (Å²) in [5, 5.41) is 3.47. The van der Waals surface area contributed by atoms with Gasteiger partial charge in [-0.25, -0.2) is 15.0 Å². The number of morpholine rings is 1. The third-order valence-electron chi connectivity index (χ3n) is 5.04. The Hall–Kier alpha value is -2.41. The van der Waals surface area contributed by atoms with E-state index in [9.17, 15) is 0 Å². The second kappa shape index (κ2) is 7.86. The van der Waals surface area contributed by atoms with Crippen molar-refractivity contribution in [1.82, 2.24) is 15.0 Å². The van der Waals surface area contributed by atoms with Crippen molar-refractivity contribution in [2.45, 2.75) is 13.3 Å². The molecular formula is C19H26N6O. The molecule has 7 heteroatoms. The van der Waals surface area contributed by atoms with Gasteiger partial charge in [-0.2, -0.15) is 0 Å². The highest BCUT2D eigenvalue weighted by Gasteiger charge is 2.24. The fourth-order valence-corrected chi connectivity index (χ4v) is 3.57. The van der Waals surface area contributed by atoms with Crippen LogP contribution in [0.4, 0.5) is 17.5 Å². The number of anilines is 3. The third-order valence-corrected chi connectivity index (χ3v) is 5.04. The van der Waals surface area contributed by atoms with Gasteiger partial charge in [0.05, 0.1) is 13.2 Å². The molecule has 1 N–H and O–H groups in total. The minimum absolute atomic E-state index is 0.596. The first-order valence-corrected chi connectivity index (χ1v) is 9.35. The molecule has 0 aromatic carbocycles. The van der Waals surface area contributed by atoms with Crippen LogP contribution in [0.2, 0.25) is 0 Å². The molecular weight excluding hydrogens is 328 g/mol. The van der Waals surface area contributed by atoms with E-state index in [2.05, 4.69) is 36.1 Å². The van der Waals surface area contributed by atoms with E-state index >= 15 is 0 Å². The number of nitrogens with zero attached hydrogens (tertiary/aromatic N) is 5. The quantitative estimate of drug-likeness (QED) is 0.880. The molecule has 138 valence electrons. The monoisotopic (exact) mass is 354 g/mol. The lowest BCUT2D eigenvalue weighted by molar-refractivity contribution is 0.122. The standard InChI is InChI=1S/C19H26N6O/c1-15-3-2-4-17(23-15)20-12-16-5-6-25(13-16)19-11-18(21-14-22-19)24-7-9-26-10-8-24/h2-4,11,14,16H,5-10,12-13H2,1H3,(H,20,23). The highest BCUT2D eigenvalue weighted by Crippen LogP contribution is 2.25. The molecule has 0 bridgehead atoms. The molecule has 2 aromatic heterocycles. The van der Waals surface area contributed by atoms with Crippen molar-refractivity contribution in [3.8, 4) is 0 Å². The highest BCUT2D eigenvalue weighted by atomic mass is 16.5. The van der Waals surface area contributed by atoms with Crippen LogP contribution in [0.1, 0.15) is 12.1 Å². The molecule has 4 heterocycles. The SMILES string of the molecule is Cc1cccc(NCC2CCN(c3cc(N4CCOCC4)ncn3)C2)n1. The molecule has 7 nitrogen and oxygen atoms in total. The van der Waals surface area contributed by atoms with Crippen molar-refractivity contribution >= 4 is 17.5 Å². The Morgan fingerprint density at radius 1 is 1.12 bits per heavy atom. The predicted octanol–water partition coefficient (Wildman–Crippen LogP) is 1.96. The first-order valence-electron chi connectivity index (χ1n) is 9.35. The van der Waals surface area contributed by atoms with Gasteiger partial charge in [0.15, 0.2) is 0 Å². The van der Waals surface area contributed by atoms with Gasteiger partial charge in [-0.15, -0.1) is 0 Å². The number of nitrogens with one attached hydrogen (secondary N) is 1. The summed E-state index contributed by atoms with van der Waals surface area (Å²) in [7, 11) is 0. The van der Waals surface area contributed by atoms with Gasteiger partial charge in [-0.05, 0) is 31.4 Å². The Balaban J connectivity index is 1.34. The number of aryl methyl sites for hydroxylation is 1. The summed E-state index contributed by atoms with van der Waals surface area (Å²) >= 11 is 0. The molecule has 0 radical (unpaired) electrons.